The molecule has 2 aromatic carbocycles. The first kappa shape index (κ1) is 20.2. The Morgan fingerprint density at radius 3 is 2.33 bits per heavy atom. The highest BCUT2D eigenvalue weighted by Crippen LogP contribution is 2.26. The normalized spacial score (nSPS) is 13.9. The predicted molar refractivity (Wildman–Crippen MR) is 120 cm³/mol. The lowest BCUT2D eigenvalue weighted by atomic mass is 10.1. The van der Waals surface area contributed by atoms with Crippen molar-refractivity contribution in [2.45, 2.75) is 5.16 Å². The minimum absolute atomic E-state index is 0.0177. The minimum atomic E-state index is -0.0177. The van der Waals surface area contributed by atoms with Crippen LogP contribution in [0.25, 0.3) is 11.3 Å². The highest BCUT2D eigenvalue weighted by atomic mass is 32.2. The van der Waals surface area contributed by atoms with E-state index in [0.29, 0.717) is 29.5 Å². The lowest BCUT2D eigenvalue weighted by molar-refractivity contribution is 0.0746. The van der Waals surface area contributed by atoms with Gasteiger partial charge in [0.25, 0.3) is 5.91 Å². The van der Waals surface area contributed by atoms with Crippen LogP contribution < -0.4 is 9.64 Å². The van der Waals surface area contributed by atoms with Gasteiger partial charge in [0.05, 0.1) is 18.4 Å². The number of ether oxygens (including phenoxy) is 1. The van der Waals surface area contributed by atoms with E-state index < -0.39 is 0 Å². The number of thioether (sulfide) groups is 1. The average molecular weight is 421 g/mol. The molecule has 1 amide bonds. The van der Waals surface area contributed by atoms with Gasteiger partial charge in [-0.2, -0.15) is 0 Å². The van der Waals surface area contributed by atoms with E-state index in [2.05, 4.69) is 27.0 Å². The van der Waals surface area contributed by atoms with Crippen LogP contribution in [0.1, 0.15) is 10.4 Å². The number of hydrogen-bond donors (Lipinski definition) is 0. The molecular weight excluding hydrogens is 396 g/mol. The predicted octanol–water partition coefficient (Wildman–Crippen LogP) is 3.84. The first-order valence-corrected chi connectivity index (χ1v) is 11.1. The zero-order chi connectivity index (χ0) is 20.9. The maximum atomic E-state index is 13.3. The maximum absolute atomic E-state index is 13.3. The molecule has 7 heteroatoms. The second-order valence-corrected chi connectivity index (χ2v) is 7.74. The molecular formula is C23H24N4O2S. The largest absolute Gasteiger partial charge is 0.497 e. The van der Waals surface area contributed by atoms with Crippen LogP contribution in [-0.2, 0) is 0 Å². The molecule has 0 bridgehead atoms. The first-order valence-electron chi connectivity index (χ1n) is 9.84. The maximum Gasteiger partial charge on any atom is 0.257 e. The standard InChI is InChI=1S/C23H24N4O2S/c1-29-19-10-8-18(9-11-19)26-12-14-27(15-13-26)22(28)20-16-24-23(30-2)25-21(20)17-6-4-3-5-7-17/h3-11,16H,12-15H2,1-2H3. The zero-order valence-corrected chi connectivity index (χ0v) is 17.9. The number of carbonyl (C=O) groups excluding carboxylic acids is 1. The van der Waals surface area contributed by atoms with Crippen molar-refractivity contribution in [2.24, 2.45) is 0 Å². The fourth-order valence-corrected chi connectivity index (χ4v) is 3.91. The third-order valence-electron chi connectivity index (χ3n) is 5.23. The van der Waals surface area contributed by atoms with Gasteiger partial charge < -0.3 is 14.5 Å². The van der Waals surface area contributed by atoms with Crippen LogP contribution in [0.15, 0.2) is 66.0 Å². The number of amides is 1. The highest BCUT2D eigenvalue weighted by molar-refractivity contribution is 7.98. The third kappa shape index (κ3) is 4.26. The average Bonchev–Trinajstić information content (AvgIpc) is 2.84. The molecule has 0 aliphatic carbocycles. The van der Waals surface area contributed by atoms with Gasteiger partial charge in [0.1, 0.15) is 5.75 Å². The highest BCUT2D eigenvalue weighted by Gasteiger charge is 2.25. The number of carbonyl (C=O) groups is 1. The molecule has 0 atom stereocenters. The number of rotatable bonds is 5. The summed E-state index contributed by atoms with van der Waals surface area (Å²) in [7, 11) is 1.67. The lowest BCUT2D eigenvalue weighted by Crippen LogP contribution is -2.49. The Labute approximate surface area is 180 Å². The first-order chi connectivity index (χ1) is 14.7. The Bertz CT molecular complexity index is 1000. The van der Waals surface area contributed by atoms with Gasteiger partial charge in [-0.1, -0.05) is 42.1 Å². The molecule has 154 valence electrons. The Hall–Kier alpha value is -3.06. The van der Waals surface area contributed by atoms with E-state index in [9.17, 15) is 4.79 Å². The quantitative estimate of drug-likeness (QED) is 0.462. The Morgan fingerprint density at radius 1 is 1.00 bits per heavy atom. The number of methoxy groups -OCH3 is 1. The number of benzene rings is 2. The molecule has 1 aliphatic heterocycles. The smallest absolute Gasteiger partial charge is 0.257 e. The number of aromatic nitrogens is 2. The Kier molecular flexibility index (Phi) is 6.18. The van der Waals surface area contributed by atoms with Crippen LogP contribution in [0.5, 0.6) is 5.75 Å². The Morgan fingerprint density at radius 2 is 1.70 bits per heavy atom. The van der Waals surface area contributed by atoms with E-state index >= 15 is 0 Å². The van der Waals surface area contributed by atoms with Crippen LogP contribution in [0, 0.1) is 0 Å². The number of nitrogens with zero attached hydrogens (tertiary/aromatic N) is 4. The molecule has 2 heterocycles. The van der Waals surface area contributed by atoms with Crippen molar-refractivity contribution in [3.8, 4) is 17.0 Å². The van der Waals surface area contributed by atoms with Crippen LogP contribution in [-0.4, -0.2) is 60.3 Å². The van der Waals surface area contributed by atoms with Gasteiger partial charge in [-0.15, -0.1) is 0 Å². The van der Waals surface area contributed by atoms with E-state index in [0.717, 1.165) is 30.1 Å². The van der Waals surface area contributed by atoms with Crippen molar-refractivity contribution in [1.29, 1.82) is 0 Å². The molecule has 30 heavy (non-hydrogen) atoms. The molecule has 0 spiro atoms. The molecule has 0 unspecified atom stereocenters. The van der Waals surface area contributed by atoms with E-state index in [4.69, 9.17) is 4.74 Å². The summed E-state index contributed by atoms with van der Waals surface area (Å²) in [5.41, 5.74) is 3.31. The number of hydrogen-bond acceptors (Lipinski definition) is 6. The molecule has 6 nitrogen and oxygen atoms in total. The van der Waals surface area contributed by atoms with Gasteiger partial charge in [0, 0.05) is 43.6 Å². The molecule has 0 saturated carbocycles. The number of piperazine rings is 1. The van der Waals surface area contributed by atoms with Crippen molar-refractivity contribution in [3.63, 3.8) is 0 Å². The molecule has 1 saturated heterocycles. The van der Waals surface area contributed by atoms with E-state index in [1.165, 1.54) is 11.8 Å². The second kappa shape index (κ2) is 9.17. The topological polar surface area (TPSA) is 58.6 Å². The Balaban J connectivity index is 1.51. The molecule has 1 aromatic heterocycles. The van der Waals surface area contributed by atoms with Crippen molar-refractivity contribution in [1.82, 2.24) is 14.9 Å². The SMILES string of the molecule is COc1ccc(N2CCN(C(=O)c3cnc(SC)nc3-c3ccccc3)CC2)cc1. The van der Waals surface area contributed by atoms with Crippen LogP contribution >= 0.6 is 11.8 Å². The zero-order valence-electron chi connectivity index (χ0n) is 17.1. The monoisotopic (exact) mass is 420 g/mol. The van der Waals surface area contributed by atoms with Gasteiger partial charge in [-0.05, 0) is 30.5 Å². The number of anilines is 1. The fraction of sp³-hybridized carbons (Fsp3) is 0.261. The molecule has 0 N–H and O–H groups in total. The summed E-state index contributed by atoms with van der Waals surface area (Å²) in [4.78, 5) is 26.5. The van der Waals surface area contributed by atoms with Gasteiger partial charge in [-0.3, -0.25) is 4.79 Å². The summed E-state index contributed by atoms with van der Waals surface area (Å²) < 4.78 is 5.23. The van der Waals surface area contributed by atoms with E-state index in [1.807, 2.05) is 53.6 Å². The molecule has 3 aromatic rings. The molecule has 1 aliphatic rings. The lowest BCUT2D eigenvalue weighted by Gasteiger charge is -2.36. The summed E-state index contributed by atoms with van der Waals surface area (Å²) in [5, 5.41) is 0.662. The molecule has 1 fully saturated rings. The van der Waals surface area contributed by atoms with Crippen LogP contribution in [0.2, 0.25) is 0 Å². The van der Waals surface area contributed by atoms with Crippen LogP contribution in [0.4, 0.5) is 5.69 Å². The molecule has 0 radical (unpaired) electrons. The van der Waals surface area contributed by atoms with Gasteiger partial charge >= 0.3 is 0 Å². The summed E-state index contributed by atoms with van der Waals surface area (Å²) in [6.07, 6.45) is 3.60. The molecule has 4 rings (SSSR count). The van der Waals surface area contributed by atoms with Crippen LogP contribution in [0.3, 0.4) is 0 Å². The summed E-state index contributed by atoms with van der Waals surface area (Å²) in [6, 6.07) is 17.9. The van der Waals surface area contributed by atoms with Gasteiger partial charge in [0.15, 0.2) is 5.16 Å². The van der Waals surface area contributed by atoms with Gasteiger partial charge in [0.2, 0.25) is 0 Å². The second-order valence-electron chi connectivity index (χ2n) is 6.96. The summed E-state index contributed by atoms with van der Waals surface area (Å²) in [6.45, 7) is 2.87. The third-order valence-corrected chi connectivity index (χ3v) is 5.79. The van der Waals surface area contributed by atoms with Crippen molar-refractivity contribution >= 4 is 23.4 Å². The van der Waals surface area contributed by atoms with Crippen molar-refractivity contribution in [3.05, 3.63) is 66.4 Å². The fourth-order valence-electron chi connectivity index (χ4n) is 3.57. The summed E-state index contributed by atoms with van der Waals surface area (Å²) in [5.74, 6) is 0.825. The van der Waals surface area contributed by atoms with Crippen molar-refractivity contribution < 1.29 is 9.53 Å². The van der Waals surface area contributed by atoms with E-state index in [1.54, 1.807) is 13.3 Å². The minimum Gasteiger partial charge on any atom is -0.497 e. The van der Waals surface area contributed by atoms with Gasteiger partial charge in [-0.25, -0.2) is 9.97 Å². The van der Waals surface area contributed by atoms with E-state index in [-0.39, 0.29) is 5.91 Å². The van der Waals surface area contributed by atoms with Crippen molar-refractivity contribution in [2.75, 3.05) is 44.4 Å². The summed E-state index contributed by atoms with van der Waals surface area (Å²) >= 11 is 1.47.